The molecule has 1 aromatic heterocycles. The molecule has 0 aliphatic heterocycles. The molecule has 16 heavy (non-hydrogen) atoms. The summed E-state index contributed by atoms with van der Waals surface area (Å²) in [7, 11) is 0. The molecule has 4 nitrogen and oxygen atoms in total. The molecule has 2 rings (SSSR count). The third kappa shape index (κ3) is 2.85. The first-order chi connectivity index (χ1) is 7.75. The fourth-order valence-corrected chi connectivity index (χ4v) is 2.24. The molecule has 0 spiro atoms. The van der Waals surface area contributed by atoms with Gasteiger partial charge in [-0.1, -0.05) is 0 Å². The quantitative estimate of drug-likeness (QED) is 0.809. The van der Waals surface area contributed by atoms with Gasteiger partial charge in [0.2, 0.25) is 5.91 Å². The van der Waals surface area contributed by atoms with Crippen molar-refractivity contribution < 1.29 is 9.21 Å². The van der Waals surface area contributed by atoms with Crippen molar-refractivity contribution in [2.24, 2.45) is 11.7 Å². The monoisotopic (exact) mass is 222 g/mol. The molecule has 0 aromatic carbocycles. The number of hydrogen-bond donors (Lipinski definition) is 2. The third-order valence-electron chi connectivity index (χ3n) is 3.30. The largest absolute Gasteiger partial charge is 0.472 e. The van der Waals surface area contributed by atoms with Crippen LogP contribution in [0.15, 0.2) is 23.0 Å². The Morgan fingerprint density at radius 1 is 1.44 bits per heavy atom. The van der Waals surface area contributed by atoms with E-state index in [0.29, 0.717) is 6.04 Å². The number of primary amides is 1. The Labute approximate surface area is 95.2 Å². The Morgan fingerprint density at radius 3 is 2.75 bits per heavy atom. The van der Waals surface area contributed by atoms with E-state index in [1.807, 2.05) is 6.07 Å². The number of rotatable bonds is 4. The summed E-state index contributed by atoms with van der Waals surface area (Å²) in [5.41, 5.74) is 6.46. The smallest absolute Gasteiger partial charge is 0.220 e. The van der Waals surface area contributed by atoms with Crippen LogP contribution in [-0.4, -0.2) is 11.9 Å². The Hall–Kier alpha value is -1.29. The molecule has 4 heteroatoms. The van der Waals surface area contributed by atoms with Crippen LogP contribution in [0.5, 0.6) is 0 Å². The molecular formula is C12H18N2O2. The summed E-state index contributed by atoms with van der Waals surface area (Å²) in [4.78, 5) is 11.0. The second kappa shape index (κ2) is 5.16. The zero-order valence-electron chi connectivity index (χ0n) is 9.32. The average Bonchev–Trinajstić information content (AvgIpc) is 2.80. The minimum atomic E-state index is -0.145. The maximum atomic E-state index is 11.0. The van der Waals surface area contributed by atoms with E-state index in [1.165, 1.54) is 0 Å². The topological polar surface area (TPSA) is 68.3 Å². The second-order valence-corrected chi connectivity index (χ2v) is 4.46. The fourth-order valence-electron chi connectivity index (χ4n) is 2.24. The Kier molecular flexibility index (Phi) is 3.62. The van der Waals surface area contributed by atoms with Gasteiger partial charge in [0.25, 0.3) is 0 Å². The molecule has 1 heterocycles. The summed E-state index contributed by atoms with van der Waals surface area (Å²) in [6, 6.07) is 2.47. The molecule has 1 aliphatic rings. The highest BCUT2D eigenvalue weighted by Crippen LogP contribution is 2.24. The molecule has 1 aliphatic carbocycles. The molecule has 1 aromatic rings. The summed E-state index contributed by atoms with van der Waals surface area (Å²) in [5.74, 6) is -0.0553. The molecule has 3 N–H and O–H groups in total. The van der Waals surface area contributed by atoms with Gasteiger partial charge in [-0.05, 0) is 31.7 Å². The van der Waals surface area contributed by atoms with Crippen LogP contribution in [0.1, 0.15) is 31.2 Å². The van der Waals surface area contributed by atoms with Gasteiger partial charge in [0.1, 0.15) is 0 Å². The standard InChI is InChI=1S/C12H18N2O2/c13-12(15)10-1-3-11(4-2-10)14-7-9-5-6-16-8-9/h5-6,8,10-11,14H,1-4,7H2,(H2,13,15). The molecule has 1 amide bonds. The molecule has 0 bridgehead atoms. The van der Waals surface area contributed by atoms with Crippen molar-refractivity contribution >= 4 is 5.91 Å². The SMILES string of the molecule is NC(=O)C1CCC(NCc2ccoc2)CC1. The van der Waals surface area contributed by atoms with Crippen molar-refractivity contribution in [3.63, 3.8) is 0 Å². The maximum Gasteiger partial charge on any atom is 0.220 e. The van der Waals surface area contributed by atoms with E-state index in [0.717, 1.165) is 37.8 Å². The van der Waals surface area contributed by atoms with Crippen LogP contribution >= 0.6 is 0 Å². The van der Waals surface area contributed by atoms with Crippen molar-refractivity contribution in [2.75, 3.05) is 0 Å². The summed E-state index contributed by atoms with van der Waals surface area (Å²) in [6.45, 7) is 0.836. The van der Waals surface area contributed by atoms with E-state index in [2.05, 4.69) is 5.32 Å². The molecule has 88 valence electrons. The first kappa shape index (κ1) is 11.2. The lowest BCUT2D eigenvalue weighted by molar-refractivity contribution is -0.122. The van der Waals surface area contributed by atoms with Crippen LogP contribution in [-0.2, 0) is 11.3 Å². The van der Waals surface area contributed by atoms with E-state index < -0.39 is 0 Å². The van der Waals surface area contributed by atoms with Crippen molar-refractivity contribution in [1.29, 1.82) is 0 Å². The predicted octanol–water partition coefficient (Wildman–Crippen LogP) is 1.41. The van der Waals surface area contributed by atoms with Gasteiger partial charge in [0, 0.05) is 24.1 Å². The van der Waals surface area contributed by atoms with Crippen molar-refractivity contribution in [3.05, 3.63) is 24.2 Å². The molecule has 0 radical (unpaired) electrons. The van der Waals surface area contributed by atoms with Crippen LogP contribution in [0.4, 0.5) is 0 Å². The van der Waals surface area contributed by atoms with Crippen molar-refractivity contribution in [1.82, 2.24) is 5.32 Å². The van der Waals surface area contributed by atoms with Crippen LogP contribution in [0, 0.1) is 5.92 Å². The summed E-state index contributed by atoms with van der Waals surface area (Å²) < 4.78 is 5.00. The van der Waals surface area contributed by atoms with Gasteiger partial charge >= 0.3 is 0 Å². The first-order valence-electron chi connectivity index (χ1n) is 5.79. The molecule has 0 saturated heterocycles. The number of carbonyl (C=O) groups is 1. The van der Waals surface area contributed by atoms with E-state index in [-0.39, 0.29) is 11.8 Å². The second-order valence-electron chi connectivity index (χ2n) is 4.46. The fraction of sp³-hybridized carbons (Fsp3) is 0.583. The predicted molar refractivity (Wildman–Crippen MR) is 60.5 cm³/mol. The lowest BCUT2D eigenvalue weighted by Gasteiger charge is -2.27. The highest BCUT2D eigenvalue weighted by Gasteiger charge is 2.24. The minimum absolute atomic E-state index is 0.0898. The normalized spacial score (nSPS) is 25.5. The summed E-state index contributed by atoms with van der Waals surface area (Å²) >= 11 is 0. The lowest BCUT2D eigenvalue weighted by Crippen LogP contribution is -2.36. The Balaban J connectivity index is 1.71. The zero-order valence-corrected chi connectivity index (χ0v) is 9.32. The number of furan rings is 1. The molecule has 1 saturated carbocycles. The molecular weight excluding hydrogens is 204 g/mol. The molecule has 0 unspecified atom stereocenters. The van der Waals surface area contributed by atoms with Crippen LogP contribution in [0.3, 0.4) is 0 Å². The average molecular weight is 222 g/mol. The van der Waals surface area contributed by atoms with Crippen LogP contribution < -0.4 is 11.1 Å². The van der Waals surface area contributed by atoms with Crippen LogP contribution in [0.2, 0.25) is 0 Å². The number of carbonyl (C=O) groups excluding carboxylic acids is 1. The highest BCUT2D eigenvalue weighted by molar-refractivity contribution is 5.76. The number of nitrogens with two attached hydrogens (primary N) is 1. The lowest BCUT2D eigenvalue weighted by atomic mass is 9.85. The number of hydrogen-bond acceptors (Lipinski definition) is 3. The van der Waals surface area contributed by atoms with E-state index in [1.54, 1.807) is 12.5 Å². The van der Waals surface area contributed by atoms with Gasteiger partial charge in [-0.2, -0.15) is 0 Å². The van der Waals surface area contributed by atoms with Crippen molar-refractivity contribution in [2.45, 2.75) is 38.3 Å². The highest BCUT2D eigenvalue weighted by atomic mass is 16.3. The van der Waals surface area contributed by atoms with Gasteiger partial charge in [-0.25, -0.2) is 0 Å². The molecule has 0 atom stereocenters. The number of nitrogens with one attached hydrogen (secondary N) is 1. The number of amides is 1. The van der Waals surface area contributed by atoms with Gasteiger partial charge in [0.05, 0.1) is 12.5 Å². The van der Waals surface area contributed by atoms with Crippen LogP contribution in [0.25, 0.3) is 0 Å². The Morgan fingerprint density at radius 2 is 2.19 bits per heavy atom. The minimum Gasteiger partial charge on any atom is -0.472 e. The van der Waals surface area contributed by atoms with E-state index in [4.69, 9.17) is 10.2 Å². The van der Waals surface area contributed by atoms with Gasteiger partial charge in [-0.3, -0.25) is 4.79 Å². The Bertz CT molecular complexity index is 327. The molecule has 1 fully saturated rings. The summed E-state index contributed by atoms with van der Waals surface area (Å²) in [6.07, 6.45) is 7.33. The third-order valence-corrected chi connectivity index (χ3v) is 3.30. The first-order valence-corrected chi connectivity index (χ1v) is 5.79. The van der Waals surface area contributed by atoms with Crippen molar-refractivity contribution in [3.8, 4) is 0 Å². The maximum absolute atomic E-state index is 11.0. The van der Waals surface area contributed by atoms with Gasteiger partial charge in [-0.15, -0.1) is 0 Å². The van der Waals surface area contributed by atoms with E-state index >= 15 is 0 Å². The zero-order chi connectivity index (χ0) is 11.4. The van der Waals surface area contributed by atoms with E-state index in [9.17, 15) is 4.79 Å². The van der Waals surface area contributed by atoms with Gasteiger partial charge < -0.3 is 15.5 Å². The summed E-state index contributed by atoms with van der Waals surface area (Å²) in [5, 5.41) is 3.47. The van der Waals surface area contributed by atoms with Gasteiger partial charge in [0.15, 0.2) is 0 Å².